The molecule has 1 aromatic rings. The number of rotatable bonds is 4. The molecule has 4 nitrogen and oxygen atoms in total. The summed E-state index contributed by atoms with van der Waals surface area (Å²) in [6, 6.07) is 3.50. The highest BCUT2D eigenvalue weighted by Crippen LogP contribution is 2.15. The minimum Gasteiger partial charge on any atom is -0.463 e. The van der Waals surface area contributed by atoms with Gasteiger partial charge in [-0.25, -0.2) is 9.59 Å². The molecule has 0 aromatic carbocycles. The molecule has 82 valence electrons. The van der Waals surface area contributed by atoms with Crippen LogP contribution in [0.2, 0.25) is 0 Å². The van der Waals surface area contributed by atoms with Crippen LogP contribution in [0.1, 0.15) is 21.5 Å². The Bertz CT molecular complexity index is 356. The number of ether oxygens (including phenoxy) is 2. The summed E-state index contributed by atoms with van der Waals surface area (Å²) in [4.78, 5) is 23.8. The highest BCUT2D eigenvalue weighted by molar-refractivity contribution is 7.13. The van der Waals surface area contributed by atoms with Gasteiger partial charge in [0.1, 0.15) is 4.88 Å². The van der Waals surface area contributed by atoms with Gasteiger partial charge in [0, 0.05) is 4.88 Å². The fourth-order valence-electron chi connectivity index (χ4n) is 0.942. The van der Waals surface area contributed by atoms with Crippen LogP contribution in [0.5, 0.6) is 0 Å². The van der Waals surface area contributed by atoms with Crippen molar-refractivity contribution in [1.82, 2.24) is 0 Å². The summed E-state index contributed by atoms with van der Waals surface area (Å²) >= 11 is 1.33. The number of thiophene rings is 1. The van der Waals surface area contributed by atoms with Gasteiger partial charge in [0.15, 0.2) is 6.61 Å². The van der Waals surface area contributed by atoms with Gasteiger partial charge in [-0.15, -0.1) is 11.3 Å². The van der Waals surface area contributed by atoms with Gasteiger partial charge < -0.3 is 9.47 Å². The number of carbonyl (C=O) groups excluding carboxylic acids is 2. The van der Waals surface area contributed by atoms with Crippen LogP contribution < -0.4 is 0 Å². The first-order valence-corrected chi connectivity index (χ1v) is 5.34. The lowest BCUT2D eigenvalue weighted by atomic mass is 10.4. The maximum atomic E-state index is 11.3. The van der Waals surface area contributed by atoms with Gasteiger partial charge in [-0.3, -0.25) is 0 Å². The van der Waals surface area contributed by atoms with Crippen LogP contribution in [0.15, 0.2) is 12.1 Å². The van der Waals surface area contributed by atoms with E-state index in [1.165, 1.54) is 11.3 Å². The largest absolute Gasteiger partial charge is 0.463 e. The fraction of sp³-hybridized carbons (Fsp3) is 0.400. The first-order valence-electron chi connectivity index (χ1n) is 4.52. The van der Waals surface area contributed by atoms with Gasteiger partial charge in [-0.05, 0) is 26.0 Å². The molecule has 0 saturated heterocycles. The lowest BCUT2D eigenvalue weighted by molar-refractivity contribution is -0.146. The Hall–Kier alpha value is -1.36. The molecule has 0 aliphatic carbocycles. The van der Waals surface area contributed by atoms with E-state index in [-0.39, 0.29) is 13.2 Å². The van der Waals surface area contributed by atoms with Crippen molar-refractivity contribution in [3.63, 3.8) is 0 Å². The molecular weight excluding hydrogens is 216 g/mol. The quantitative estimate of drug-likeness (QED) is 0.737. The number of esters is 2. The van der Waals surface area contributed by atoms with Crippen LogP contribution in [0.25, 0.3) is 0 Å². The maximum Gasteiger partial charge on any atom is 0.348 e. The van der Waals surface area contributed by atoms with Crippen LogP contribution in [0.3, 0.4) is 0 Å². The minimum absolute atomic E-state index is 0.286. The van der Waals surface area contributed by atoms with E-state index >= 15 is 0 Å². The molecule has 0 unspecified atom stereocenters. The third-order valence-electron chi connectivity index (χ3n) is 1.57. The average Bonchev–Trinajstić information content (AvgIpc) is 2.62. The summed E-state index contributed by atoms with van der Waals surface area (Å²) in [6.07, 6.45) is 0. The molecule has 0 spiro atoms. The van der Waals surface area contributed by atoms with E-state index in [2.05, 4.69) is 4.74 Å². The zero-order chi connectivity index (χ0) is 11.3. The predicted molar refractivity (Wildman–Crippen MR) is 56.0 cm³/mol. The Kier molecular flexibility index (Phi) is 4.30. The molecule has 5 heteroatoms. The lowest BCUT2D eigenvalue weighted by Gasteiger charge is -2.02. The first-order chi connectivity index (χ1) is 7.13. The molecule has 0 amide bonds. The molecular formula is C10H12O4S. The zero-order valence-electron chi connectivity index (χ0n) is 8.61. The molecule has 1 rings (SSSR count). The van der Waals surface area contributed by atoms with Crippen molar-refractivity contribution < 1.29 is 19.1 Å². The van der Waals surface area contributed by atoms with Crippen molar-refractivity contribution in [1.29, 1.82) is 0 Å². The Balaban J connectivity index is 2.40. The zero-order valence-corrected chi connectivity index (χ0v) is 9.43. The molecule has 0 bridgehead atoms. The van der Waals surface area contributed by atoms with E-state index in [1.54, 1.807) is 13.0 Å². The van der Waals surface area contributed by atoms with Crippen LogP contribution in [0, 0.1) is 6.92 Å². The van der Waals surface area contributed by atoms with Gasteiger partial charge in [-0.1, -0.05) is 0 Å². The van der Waals surface area contributed by atoms with Crippen LogP contribution in [-0.4, -0.2) is 25.2 Å². The van der Waals surface area contributed by atoms with Gasteiger partial charge >= 0.3 is 11.9 Å². The smallest absolute Gasteiger partial charge is 0.348 e. The molecule has 15 heavy (non-hydrogen) atoms. The van der Waals surface area contributed by atoms with Crippen molar-refractivity contribution in [2.24, 2.45) is 0 Å². The maximum absolute atomic E-state index is 11.3. The molecule has 1 aromatic heterocycles. The van der Waals surface area contributed by atoms with Crippen molar-refractivity contribution in [3.8, 4) is 0 Å². The van der Waals surface area contributed by atoms with Crippen molar-refractivity contribution in [2.75, 3.05) is 13.2 Å². The molecule has 0 aliphatic rings. The Labute approximate surface area is 91.8 Å². The minimum atomic E-state index is -0.529. The fourth-order valence-corrected chi connectivity index (χ4v) is 1.70. The van der Waals surface area contributed by atoms with Gasteiger partial charge in [-0.2, -0.15) is 0 Å². The second-order valence-electron chi connectivity index (χ2n) is 2.79. The summed E-state index contributed by atoms with van der Waals surface area (Å²) in [6.45, 7) is 3.55. The van der Waals surface area contributed by atoms with Crippen LogP contribution >= 0.6 is 11.3 Å². The van der Waals surface area contributed by atoms with E-state index in [0.29, 0.717) is 4.88 Å². The number of carbonyl (C=O) groups is 2. The first kappa shape index (κ1) is 11.7. The summed E-state index contributed by atoms with van der Waals surface area (Å²) in [5.41, 5.74) is 0. The van der Waals surface area contributed by atoms with E-state index < -0.39 is 11.9 Å². The second kappa shape index (κ2) is 5.50. The molecule has 0 N–H and O–H groups in total. The van der Waals surface area contributed by atoms with Gasteiger partial charge in [0.2, 0.25) is 0 Å². The molecule has 0 fully saturated rings. The topological polar surface area (TPSA) is 52.6 Å². The molecule has 0 atom stereocenters. The summed E-state index contributed by atoms with van der Waals surface area (Å²) < 4.78 is 9.37. The monoisotopic (exact) mass is 228 g/mol. The predicted octanol–water partition coefficient (Wildman–Crippen LogP) is 1.78. The second-order valence-corrected chi connectivity index (χ2v) is 4.08. The van der Waals surface area contributed by atoms with E-state index in [9.17, 15) is 9.59 Å². The number of hydrogen-bond donors (Lipinski definition) is 0. The lowest BCUT2D eigenvalue weighted by Crippen LogP contribution is -2.15. The molecule has 0 radical (unpaired) electrons. The standard InChI is InChI=1S/C10H12O4S/c1-3-13-9(11)6-14-10(12)8-5-4-7(2)15-8/h4-5H,3,6H2,1-2H3. The summed E-state index contributed by atoms with van der Waals surface area (Å²) in [5.74, 6) is -1.01. The van der Waals surface area contributed by atoms with Crippen molar-refractivity contribution in [2.45, 2.75) is 13.8 Å². The van der Waals surface area contributed by atoms with Crippen LogP contribution in [-0.2, 0) is 14.3 Å². The summed E-state index contributed by atoms with van der Waals surface area (Å²) in [5, 5.41) is 0. The van der Waals surface area contributed by atoms with E-state index in [1.807, 2.05) is 13.0 Å². The molecule has 0 saturated carbocycles. The third-order valence-corrected chi connectivity index (χ3v) is 2.55. The van der Waals surface area contributed by atoms with Gasteiger partial charge in [0.25, 0.3) is 0 Å². The third kappa shape index (κ3) is 3.71. The Morgan fingerprint density at radius 2 is 2.07 bits per heavy atom. The Morgan fingerprint density at radius 3 is 2.60 bits per heavy atom. The summed E-state index contributed by atoms with van der Waals surface area (Å²) in [7, 11) is 0. The van der Waals surface area contributed by atoms with E-state index in [0.717, 1.165) is 4.88 Å². The molecule has 0 aliphatic heterocycles. The van der Waals surface area contributed by atoms with Crippen LogP contribution in [0.4, 0.5) is 0 Å². The van der Waals surface area contributed by atoms with Crippen molar-refractivity contribution >= 4 is 23.3 Å². The highest BCUT2D eigenvalue weighted by atomic mass is 32.1. The molecule has 1 heterocycles. The van der Waals surface area contributed by atoms with E-state index in [4.69, 9.17) is 4.74 Å². The number of hydrogen-bond acceptors (Lipinski definition) is 5. The van der Waals surface area contributed by atoms with Gasteiger partial charge in [0.05, 0.1) is 6.61 Å². The normalized spacial score (nSPS) is 9.73. The van der Waals surface area contributed by atoms with Crippen molar-refractivity contribution in [3.05, 3.63) is 21.9 Å². The Morgan fingerprint density at radius 1 is 1.33 bits per heavy atom. The SMILES string of the molecule is CCOC(=O)COC(=O)c1ccc(C)s1. The highest BCUT2D eigenvalue weighted by Gasteiger charge is 2.11. The number of aryl methyl sites for hydroxylation is 1. The average molecular weight is 228 g/mol.